The molecule has 0 fully saturated rings. The first-order chi connectivity index (χ1) is 10.0. The van der Waals surface area contributed by atoms with E-state index < -0.39 is 0 Å². The first kappa shape index (κ1) is 17.3. The molecule has 5 nitrogen and oxygen atoms in total. The minimum Gasteiger partial charge on any atom is -0.494 e. The van der Waals surface area contributed by atoms with Crippen molar-refractivity contribution < 1.29 is 14.6 Å². The molecule has 21 heavy (non-hydrogen) atoms. The fraction of sp³-hybridized carbons (Fsp3) is 0.562. The van der Waals surface area contributed by atoms with Crippen molar-refractivity contribution in [2.75, 3.05) is 13.2 Å². The molecule has 5 heteroatoms. The van der Waals surface area contributed by atoms with Gasteiger partial charge in [0.2, 0.25) is 0 Å². The Balaban J connectivity index is 2.31. The number of aliphatic hydroxyl groups excluding tert-OH is 1. The molecular formula is C16H26N2O3. The van der Waals surface area contributed by atoms with E-state index in [0.29, 0.717) is 26.1 Å². The second kappa shape index (κ2) is 9.23. The Morgan fingerprint density at radius 1 is 1.33 bits per heavy atom. The summed E-state index contributed by atoms with van der Waals surface area (Å²) in [7, 11) is 0. The van der Waals surface area contributed by atoms with Crippen LogP contribution in [-0.4, -0.2) is 30.4 Å². The van der Waals surface area contributed by atoms with Crippen LogP contribution in [0, 0.1) is 5.92 Å². The summed E-state index contributed by atoms with van der Waals surface area (Å²) < 4.78 is 5.42. The van der Waals surface area contributed by atoms with Gasteiger partial charge in [0, 0.05) is 13.1 Å². The number of carbonyl (C=O) groups excluding carboxylic acids is 1. The van der Waals surface area contributed by atoms with Crippen LogP contribution in [0.1, 0.15) is 32.8 Å². The van der Waals surface area contributed by atoms with Crippen molar-refractivity contribution >= 4 is 6.03 Å². The van der Waals surface area contributed by atoms with E-state index in [1.54, 1.807) is 6.92 Å². The lowest BCUT2D eigenvalue weighted by Crippen LogP contribution is -2.37. The first-order valence-electron chi connectivity index (χ1n) is 7.42. The Bertz CT molecular complexity index is 435. The van der Waals surface area contributed by atoms with Crippen LogP contribution in [0.2, 0.25) is 0 Å². The quantitative estimate of drug-likeness (QED) is 0.689. The number of carbonyl (C=O) groups is 1. The Labute approximate surface area is 126 Å². The van der Waals surface area contributed by atoms with Gasteiger partial charge in [-0.2, -0.15) is 0 Å². The minimum atomic E-state index is -0.342. The minimum absolute atomic E-state index is 0.200. The number of aliphatic hydroxyl groups is 1. The van der Waals surface area contributed by atoms with Gasteiger partial charge in [0.25, 0.3) is 0 Å². The Morgan fingerprint density at radius 3 is 2.76 bits per heavy atom. The SMILES string of the molecule is CCOc1cccc(CNC(=O)NCC(C)CC(C)O)c1. The molecule has 0 heterocycles. The topological polar surface area (TPSA) is 70.6 Å². The fourth-order valence-corrected chi connectivity index (χ4v) is 2.09. The van der Waals surface area contributed by atoms with Gasteiger partial charge in [0.1, 0.15) is 5.75 Å². The summed E-state index contributed by atoms with van der Waals surface area (Å²) in [4.78, 5) is 11.7. The number of nitrogens with one attached hydrogen (secondary N) is 2. The zero-order valence-corrected chi connectivity index (χ0v) is 13.1. The molecule has 3 N–H and O–H groups in total. The van der Waals surface area contributed by atoms with E-state index >= 15 is 0 Å². The highest BCUT2D eigenvalue weighted by Gasteiger charge is 2.08. The second-order valence-electron chi connectivity index (χ2n) is 5.33. The number of urea groups is 1. The maximum atomic E-state index is 11.7. The van der Waals surface area contributed by atoms with Crippen LogP contribution in [0.3, 0.4) is 0 Å². The lowest BCUT2D eigenvalue weighted by atomic mass is 10.1. The number of rotatable bonds is 8. The maximum absolute atomic E-state index is 11.7. The molecule has 0 aliphatic heterocycles. The molecule has 2 amide bonds. The summed E-state index contributed by atoms with van der Waals surface area (Å²) in [6.07, 6.45) is 0.336. The summed E-state index contributed by atoms with van der Waals surface area (Å²) in [6.45, 7) is 7.32. The third-order valence-corrected chi connectivity index (χ3v) is 3.02. The average Bonchev–Trinajstić information content (AvgIpc) is 2.43. The average molecular weight is 294 g/mol. The lowest BCUT2D eigenvalue weighted by Gasteiger charge is -2.14. The fourth-order valence-electron chi connectivity index (χ4n) is 2.09. The highest BCUT2D eigenvalue weighted by atomic mass is 16.5. The summed E-state index contributed by atoms with van der Waals surface area (Å²) >= 11 is 0. The molecule has 1 aromatic carbocycles. The van der Waals surface area contributed by atoms with Gasteiger partial charge in [0.15, 0.2) is 0 Å². The van der Waals surface area contributed by atoms with Crippen LogP contribution >= 0.6 is 0 Å². The molecule has 0 radical (unpaired) electrons. The molecule has 1 rings (SSSR count). The highest BCUT2D eigenvalue weighted by Crippen LogP contribution is 2.12. The van der Waals surface area contributed by atoms with E-state index in [0.717, 1.165) is 11.3 Å². The summed E-state index contributed by atoms with van der Waals surface area (Å²) in [5.74, 6) is 1.06. The highest BCUT2D eigenvalue weighted by molar-refractivity contribution is 5.73. The zero-order valence-electron chi connectivity index (χ0n) is 13.1. The molecule has 2 atom stereocenters. The van der Waals surface area contributed by atoms with E-state index in [9.17, 15) is 9.90 Å². The summed E-state index contributed by atoms with van der Waals surface area (Å²) in [6, 6.07) is 7.46. The summed E-state index contributed by atoms with van der Waals surface area (Å²) in [5.41, 5.74) is 0.994. The number of hydrogen-bond donors (Lipinski definition) is 3. The number of hydrogen-bond acceptors (Lipinski definition) is 3. The number of amides is 2. The zero-order chi connectivity index (χ0) is 15.7. The van der Waals surface area contributed by atoms with Crippen molar-refractivity contribution in [3.63, 3.8) is 0 Å². The molecule has 0 bridgehead atoms. The molecule has 0 aliphatic carbocycles. The monoisotopic (exact) mass is 294 g/mol. The van der Waals surface area contributed by atoms with Gasteiger partial charge in [-0.05, 0) is 43.9 Å². The van der Waals surface area contributed by atoms with Crippen molar-refractivity contribution in [2.45, 2.75) is 39.8 Å². The van der Waals surface area contributed by atoms with E-state index in [-0.39, 0.29) is 18.1 Å². The van der Waals surface area contributed by atoms with Crippen molar-refractivity contribution in [1.29, 1.82) is 0 Å². The van der Waals surface area contributed by atoms with Gasteiger partial charge in [-0.3, -0.25) is 0 Å². The van der Waals surface area contributed by atoms with Crippen LogP contribution in [0.25, 0.3) is 0 Å². The standard InChI is InChI=1S/C16H26N2O3/c1-4-21-15-7-5-6-14(9-15)11-18-16(20)17-10-12(2)8-13(3)19/h5-7,9,12-13,19H,4,8,10-11H2,1-3H3,(H2,17,18,20). The van der Waals surface area contributed by atoms with Crippen molar-refractivity contribution in [2.24, 2.45) is 5.92 Å². The normalized spacial score (nSPS) is 13.3. The van der Waals surface area contributed by atoms with E-state index in [1.807, 2.05) is 38.1 Å². The molecule has 0 saturated heterocycles. The maximum Gasteiger partial charge on any atom is 0.315 e. The largest absolute Gasteiger partial charge is 0.494 e. The van der Waals surface area contributed by atoms with E-state index in [1.165, 1.54) is 0 Å². The van der Waals surface area contributed by atoms with Gasteiger partial charge < -0.3 is 20.5 Å². The molecule has 118 valence electrons. The Kier molecular flexibility index (Phi) is 7.61. The van der Waals surface area contributed by atoms with Gasteiger partial charge in [-0.25, -0.2) is 4.79 Å². The third-order valence-electron chi connectivity index (χ3n) is 3.02. The Morgan fingerprint density at radius 2 is 2.10 bits per heavy atom. The third kappa shape index (κ3) is 7.56. The van der Waals surface area contributed by atoms with Crippen LogP contribution in [0.4, 0.5) is 4.79 Å². The molecule has 0 aromatic heterocycles. The van der Waals surface area contributed by atoms with Crippen LogP contribution in [0.15, 0.2) is 24.3 Å². The lowest BCUT2D eigenvalue weighted by molar-refractivity contribution is 0.163. The molecule has 1 aromatic rings. The molecule has 0 saturated carbocycles. The van der Waals surface area contributed by atoms with Crippen LogP contribution < -0.4 is 15.4 Å². The van der Waals surface area contributed by atoms with Crippen molar-refractivity contribution in [3.8, 4) is 5.75 Å². The Hall–Kier alpha value is -1.75. The van der Waals surface area contributed by atoms with Gasteiger partial charge in [-0.15, -0.1) is 0 Å². The molecular weight excluding hydrogens is 268 g/mol. The van der Waals surface area contributed by atoms with E-state index in [4.69, 9.17) is 4.74 Å². The van der Waals surface area contributed by atoms with E-state index in [2.05, 4.69) is 10.6 Å². The molecule has 0 spiro atoms. The van der Waals surface area contributed by atoms with Crippen LogP contribution in [-0.2, 0) is 6.54 Å². The van der Waals surface area contributed by atoms with Gasteiger partial charge in [0.05, 0.1) is 12.7 Å². The first-order valence-corrected chi connectivity index (χ1v) is 7.42. The number of ether oxygens (including phenoxy) is 1. The van der Waals surface area contributed by atoms with Crippen molar-refractivity contribution in [3.05, 3.63) is 29.8 Å². The second-order valence-corrected chi connectivity index (χ2v) is 5.33. The smallest absolute Gasteiger partial charge is 0.315 e. The number of benzene rings is 1. The van der Waals surface area contributed by atoms with Gasteiger partial charge in [-0.1, -0.05) is 19.1 Å². The molecule has 0 aliphatic rings. The predicted molar refractivity (Wildman–Crippen MR) is 83.3 cm³/mol. The van der Waals surface area contributed by atoms with Gasteiger partial charge >= 0.3 is 6.03 Å². The van der Waals surface area contributed by atoms with Crippen molar-refractivity contribution in [1.82, 2.24) is 10.6 Å². The summed E-state index contributed by atoms with van der Waals surface area (Å²) in [5, 5.41) is 14.9. The van der Waals surface area contributed by atoms with Crippen LogP contribution in [0.5, 0.6) is 5.75 Å². The predicted octanol–water partition coefficient (Wildman–Crippen LogP) is 2.29. The molecule has 2 unspecified atom stereocenters.